The molecule has 0 radical (unpaired) electrons. The standard InChI is InChI=1S/C29H27Cl2NO6/c1-5-16-7-10-19(11-8-16)32-25(17-9-12-22(36-3)23(15-17)38-6-2)24(27(34)29(32)35)26(33)18-13-20(30)28(37-4)21(31)14-18/h7-15,25,33H,5-6H2,1-4H3/b26-24+. The van der Waals surface area contributed by atoms with Crippen molar-refractivity contribution >= 4 is 46.3 Å². The largest absolute Gasteiger partial charge is 0.507 e. The molecule has 4 rings (SSSR count). The molecular weight excluding hydrogens is 529 g/mol. The lowest BCUT2D eigenvalue weighted by Crippen LogP contribution is -2.29. The third-order valence-corrected chi connectivity index (χ3v) is 6.91. The van der Waals surface area contributed by atoms with Crippen LogP contribution in [0.5, 0.6) is 17.2 Å². The van der Waals surface area contributed by atoms with E-state index in [2.05, 4.69) is 0 Å². The maximum atomic E-state index is 13.5. The molecule has 0 bridgehead atoms. The molecule has 1 aliphatic rings. The Morgan fingerprint density at radius 2 is 1.58 bits per heavy atom. The monoisotopic (exact) mass is 555 g/mol. The van der Waals surface area contributed by atoms with Crippen molar-refractivity contribution in [2.75, 3.05) is 25.7 Å². The molecule has 1 atom stereocenters. The van der Waals surface area contributed by atoms with Gasteiger partial charge in [-0.25, -0.2) is 0 Å². The van der Waals surface area contributed by atoms with E-state index in [4.69, 9.17) is 37.4 Å². The van der Waals surface area contributed by atoms with Crippen LogP contribution in [0.3, 0.4) is 0 Å². The topological polar surface area (TPSA) is 85.3 Å². The zero-order chi connectivity index (χ0) is 27.6. The summed E-state index contributed by atoms with van der Waals surface area (Å²) in [7, 11) is 2.94. The SMILES string of the molecule is CCOc1cc(C2/C(=C(\O)c3cc(Cl)c(OC)c(Cl)c3)C(=O)C(=O)N2c2ccc(CC)cc2)ccc1OC. The third-order valence-electron chi connectivity index (χ3n) is 6.35. The normalized spacial score (nSPS) is 16.6. The van der Waals surface area contributed by atoms with Crippen LogP contribution in [0.1, 0.15) is 36.6 Å². The molecule has 198 valence electrons. The molecule has 1 aliphatic heterocycles. The fourth-order valence-electron chi connectivity index (χ4n) is 4.49. The minimum Gasteiger partial charge on any atom is -0.507 e. The number of hydrogen-bond donors (Lipinski definition) is 1. The molecule has 7 nitrogen and oxygen atoms in total. The Balaban J connectivity index is 1.97. The Kier molecular flexibility index (Phi) is 8.19. The van der Waals surface area contributed by atoms with Crippen molar-refractivity contribution < 1.29 is 28.9 Å². The van der Waals surface area contributed by atoms with Crippen molar-refractivity contribution in [1.82, 2.24) is 0 Å². The van der Waals surface area contributed by atoms with E-state index in [1.807, 2.05) is 26.0 Å². The smallest absolute Gasteiger partial charge is 0.300 e. The predicted octanol–water partition coefficient (Wildman–Crippen LogP) is 6.60. The van der Waals surface area contributed by atoms with E-state index in [0.29, 0.717) is 29.4 Å². The van der Waals surface area contributed by atoms with E-state index in [1.165, 1.54) is 31.3 Å². The fourth-order valence-corrected chi connectivity index (χ4v) is 5.13. The van der Waals surface area contributed by atoms with E-state index in [9.17, 15) is 14.7 Å². The second-order valence-corrected chi connectivity index (χ2v) is 9.32. The molecule has 3 aromatic rings. The molecule has 0 saturated carbocycles. The van der Waals surface area contributed by atoms with Crippen LogP contribution in [0.25, 0.3) is 5.76 Å². The van der Waals surface area contributed by atoms with Gasteiger partial charge in [-0.2, -0.15) is 0 Å². The summed E-state index contributed by atoms with van der Waals surface area (Å²) in [6, 6.07) is 14.4. The molecule has 0 spiro atoms. The number of halogens is 2. The number of aryl methyl sites for hydroxylation is 1. The number of carbonyl (C=O) groups excluding carboxylic acids is 2. The fraction of sp³-hybridized carbons (Fsp3) is 0.241. The van der Waals surface area contributed by atoms with E-state index < -0.39 is 23.5 Å². The summed E-state index contributed by atoms with van der Waals surface area (Å²) in [5.74, 6) is -0.872. The van der Waals surface area contributed by atoms with Crippen molar-refractivity contribution in [3.05, 3.63) is 86.9 Å². The van der Waals surface area contributed by atoms with Crippen LogP contribution in [-0.2, 0) is 16.0 Å². The Morgan fingerprint density at radius 1 is 0.921 bits per heavy atom. The van der Waals surface area contributed by atoms with E-state index in [-0.39, 0.29) is 26.9 Å². The Hall–Kier alpha value is -3.68. The van der Waals surface area contributed by atoms with Crippen LogP contribution in [-0.4, -0.2) is 37.6 Å². The average molecular weight is 556 g/mol. The number of carbonyl (C=O) groups is 2. The highest BCUT2D eigenvalue weighted by Gasteiger charge is 2.47. The quantitative estimate of drug-likeness (QED) is 0.191. The Morgan fingerprint density at radius 3 is 2.13 bits per heavy atom. The number of hydrogen-bond acceptors (Lipinski definition) is 6. The number of amides is 1. The molecular formula is C29H27Cl2NO6. The van der Waals surface area contributed by atoms with Gasteiger partial charge in [0.05, 0.1) is 42.5 Å². The summed E-state index contributed by atoms with van der Waals surface area (Å²) in [5.41, 5.74) is 2.18. The van der Waals surface area contributed by atoms with E-state index in [1.54, 1.807) is 30.3 Å². The van der Waals surface area contributed by atoms with Crippen LogP contribution >= 0.6 is 23.2 Å². The van der Waals surface area contributed by atoms with Gasteiger partial charge in [-0.3, -0.25) is 14.5 Å². The number of methoxy groups -OCH3 is 2. The summed E-state index contributed by atoms with van der Waals surface area (Å²) < 4.78 is 16.4. The zero-order valence-electron chi connectivity index (χ0n) is 21.4. The van der Waals surface area contributed by atoms with Crippen molar-refractivity contribution in [1.29, 1.82) is 0 Å². The molecule has 1 amide bonds. The molecule has 1 saturated heterocycles. The first-order valence-electron chi connectivity index (χ1n) is 12.0. The van der Waals surface area contributed by atoms with Gasteiger partial charge >= 0.3 is 0 Å². The van der Waals surface area contributed by atoms with Crippen LogP contribution in [0.4, 0.5) is 5.69 Å². The van der Waals surface area contributed by atoms with Crippen LogP contribution < -0.4 is 19.1 Å². The highest BCUT2D eigenvalue weighted by molar-refractivity contribution is 6.51. The maximum Gasteiger partial charge on any atom is 0.300 e. The molecule has 9 heteroatoms. The van der Waals surface area contributed by atoms with Crippen molar-refractivity contribution in [3.63, 3.8) is 0 Å². The number of aliphatic hydroxyl groups excluding tert-OH is 1. The molecule has 1 heterocycles. The minimum absolute atomic E-state index is 0.112. The highest BCUT2D eigenvalue weighted by Crippen LogP contribution is 2.45. The highest BCUT2D eigenvalue weighted by atomic mass is 35.5. The van der Waals surface area contributed by atoms with Gasteiger partial charge in [-0.15, -0.1) is 0 Å². The van der Waals surface area contributed by atoms with Crippen LogP contribution in [0, 0.1) is 0 Å². The first-order valence-corrected chi connectivity index (χ1v) is 12.7. The molecule has 1 N–H and O–H groups in total. The number of nitrogens with zero attached hydrogens (tertiary/aromatic N) is 1. The molecule has 1 fully saturated rings. The van der Waals surface area contributed by atoms with Gasteiger partial charge in [-0.05, 0) is 60.9 Å². The molecule has 0 aromatic heterocycles. The number of ether oxygens (including phenoxy) is 3. The lowest BCUT2D eigenvalue weighted by atomic mass is 9.94. The van der Waals surface area contributed by atoms with Gasteiger partial charge in [0.15, 0.2) is 17.2 Å². The summed E-state index contributed by atoms with van der Waals surface area (Å²) in [5, 5.41) is 11.7. The number of rotatable bonds is 8. The molecule has 38 heavy (non-hydrogen) atoms. The molecule has 3 aromatic carbocycles. The summed E-state index contributed by atoms with van der Waals surface area (Å²) in [4.78, 5) is 28.3. The lowest BCUT2D eigenvalue weighted by Gasteiger charge is -2.26. The lowest BCUT2D eigenvalue weighted by molar-refractivity contribution is -0.132. The van der Waals surface area contributed by atoms with Crippen molar-refractivity contribution in [2.45, 2.75) is 26.3 Å². The van der Waals surface area contributed by atoms with Crippen LogP contribution in [0.2, 0.25) is 10.0 Å². The third kappa shape index (κ3) is 4.91. The zero-order valence-corrected chi connectivity index (χ0v) is 22.9. The Labute approximate surface area is 231 Å². The average Bonchev–Trinajstić information content (AvgIpc) is 3.18. The van der Waals surface area contributed by atoms with Crippen LogP contribution in [0.15, 0.2) is 60.2 Å². The van der Waals surface area contributed by atoms with Crippen molar-refractivity contribution in [2.24, 2.45) is 0 Å². The maximum absolute atomic E-state index is 13.5. The first-order chi connectivity index (χ1) is 18.2. The molecule has 1 unspecified atom stereocenters. The summed E-state index contributed by atoms with van der Waals surface area (Å²) >= 11 is 12.6. The predicted molar refractivity (Wildman–Crippen MR) is 148 cm³/mol. The summed E-state index contributed by atoms with van der Waals surface area (Å²) in [6.45, 7) is 4.24. The number of Topliss-reactive ketones (excluding diaryl/α,β-unsaturated/α-hetero) is 1. The van der Waals surface area contributed by atoms with Gasteiger partial charge in [0.2, 0.25) is 0 Å². The van der Waals surface area contributed by atoms with Gasteiger partial charge < -0.3 is 19.3 Å². The van der Waals surface area contributed by atoms with E-state index in [0.717, 1.165) is 12.0 Å². The van der Waals surface area contributed by atoms with Gasteiger partial charge in [0.25, 0.3) is 11.7 Å². The second-order valence-electron chi connectivity index (χ2n) is 8.51. The van der Waals surface area contributed by atoms with Gasteiger partial charge in [-0.1, -0.05) is 48.3 Å². The van der Waals surface area contributed by atoms with E-state index >= 15 is 0 Å². The van der Waals surface area contributed by atoms with Crippen molar-refractivity contribution in [3.8, 4) is 17.2 Å². The van der Waals surface area contributed by atoms with Gasteiger partial charge in [0.1, 0.15) is 5.76 Å². The van der Waals surface area contributed by atoms with Gasteiger partial charge in [0, 0.05) is 11.3 Å². The number of ketones is 1. The summed E-state index contributed by atoms with van der Waals surface area (Å²) in [6.07, 6.45) is 0.817. The number of aliphatic hydroxyl groups is 1. The number of anilines is 1. The minimum atomic E-state index is -0.966. The Bertz CT molecular complexity index is 1390. The number of benzene rings is 3. The molecule has 0 aliphatic carbocycles. The first kappa shape index (κ1) is 27.4. The second kappa shape index (κ2) is 11.4.